The molecule has 1 aliphatic rings. The average Bonchev–Trinajstić information content (AvgIpc) is 2.25. The summed E-state index contributed by atoms with van der Waals surface area (Å²) in [6.07, 6.45) is 0.572. The molecule has 0 bridgehead atoms. The fourth-order valence-corrected chi connectivity index (χ4v) is 2.78. The van der Waals surface area contributed by atoms with Crippen molar-refractivity contribution >= 4 is 10.4 Å². The molecule has 18 heavy (non-hydrogen) atoms. The van der Waals surface area contributed by atoms with Crippen LogP contribution in [-0.2, 0) is 28.8 Å². The molecular formula is C13H18FNO2S. The summed E-state index contributed by atoms with van der Waals surface area (Å²) in [5.74, 6) is 0. The summed E-state index contributed by atoms with van der Waals surface area (Å²) in [5, 5.41) is 0. The molecule has 1 aromatic carbocycles. The van der Waals surface area contributed by atoms with Crippen LogP contribution in [0.1, 0.15) is 37.5 Å². The maximum Gasteiger partial charge on any atom is 0.375 e. The van der Waals surface area contributed by atoms with Gasteiger partial charge in [-0.1, -0.05) is 42.9 Å². The highest BCUT2D eigenvalue weighted by Gasteiger charge is 2.27. The van der Waals surface area contributed by atoms with Crippen molar-refractivity contribution in [3.8, 4) is 0 Å². The lowest BCUT2D eigenvalue weighted by atomic mass is 9.84. The Kier molecular flexibility index (Phi) is 3.23. The van der Waals surface area contributed by atoms with Gasteiger partial charge in [0, 0.05) is 13.1 Å². The number of rotatable bonds is 1. The summed E-state index contributed by atoms with van der Waals surface area (Å²) < 4.78 is 35.6. The van der Waals surface area contributed by atoms with E-state index < -0.39 is 10.4 Å². The fourth-order valence-electron chi connectivity index (χ4n) is 2.18. The molecule has 0 saturated heterocycles. The number of nitrogens with zero attached hydrogens (tertiary/aromatic N) is 1. The first-order valence-electron chi connectivity index (χ1n) is 6.00. The standard InChI is InChI=1S/C13H18FNO2S/c1-13(2,3)12-5-4-11-9-15(18(14,16)17)7-6-10(11)8-12/h4-5,8H,6-7,9H2,1-3H3. The minimum absolute atomic E-state index is 0.0678. The molecule has 0 atom stereocenters. The van der Waals surface area contributed by atoms with Crippen LogP contribution >= 0.6 is 0 Å². The third kappa shape index (κ3) is 2.72. The predicted molar refractivity (Wildman–Crippen MR) is 69.3 cm³/mol. The maximum atomic E-state index is 12.9. The fraction of sp³-hybridized carbons (Fsp3) is 0.538. The van der Waals surface area contributed by atoms with E-state index in [4.69, 9.17) is 0 Å². The number of fused-ring (bicyclic) bond motifs is 1. The highest BCUT2D eigenvalue weighted by Crippen LogP contribution is 2.28. The van der Waals surface area contributed by atoms with Gasteiger partial charge in [-0.2, -0.15) is 12.7 Å². The summed E-state index contributed by atoms with van der Waals surface area (Å²) in [7, 11) is -4.57. The summed E-state index contributed by atoms with van der Waals surface area (Å²) in [5.41, 5.74) is 3.31. The van der Waals surface area contributed by atoms with Gasteiger partial charge in [-0.05, 0) is 28.5 Å². The first-order chi connectivity index (χ1) is 8.18. The third-order valence-electron chi connectivity index (χ3n) is 3.36. The number of benzene rings is 1. The molecule has 0 spiro atoms. The normalized spacial score (nSPS) is 17.6. The van der Waals surface area contributed by atoms with Crippen molar-refractivity contribution in [2.24, 2.45) is 0 Å². The van der Waals surface area contributed by atoms with Gasteiger partial charge in [0.2, 0.25) is 0 Å². The van der Waals surface area contributed by atoms with Crippen molar-refractivity contribution in [1.29, 1.82) is 0 Å². The molecule has 1 aromatic rings. The molecule has 0 fully saturated rings. The van der Waals surface area contributed by atoms with E-state index in [9.17, 15) is 12.3 Å². The molecule has 0 saturated carbocycles. The Labute approximate surface area is 108 Å². The van der Waals surface area contributed by atoms with E-state index in [0.29, 0.717) is 6.42 Å². The molecule has 1 heterocycles. The zero-order valence-corrected chi connectivity index (χ0v) is 11.7. The molecule has 3 nitrogen and oxygen atoms in total. The zero-order chi connectivity index (χ0) is 13.6. The number of halogens is 1. The Morgan fingerprint density at radius 2 is 1.89 bits per heavy atom. The largest absolute Gasteiger partial charge is 0.375 e. The average molecular weight is 271 g/mol. The lowest BCUT2D eigenvalue weighted by Crippen LogP contribution is -2.33. The minimum Gasteiger partial charge on any atom is -0.177 e. The van der Waals surface area contributed by atoms with E-state index in [-0.39, 0.29) is 18.5 Å². The Morgan fingerprint density at radius 1 is 1.22 bits per heavy atom. The second kappa shape index (κ2) is 4.31. The zero-order valence-electron chi connectivity index (χ0n) is 10.9. The predicted octanol–water partition coefficient (Wildman–Crippen LogP) is 2.56. The highest BCUT2D eigenvalue weighted by molar-refractivity contribution is 7.83. The van der Waals surface area contributed by atoms with Gasteiger partial charge in [0.1, 0.15) is 0 Å². The van der Waals surface area contributed by atoms with Gasteiger partial charge < -0.3 is 0 Å². The second-order valence-corrected chi connectivity index (χ2v) is 7.10. The molecule has 0 N–H and O–H groups in total. The molecule has 0 amide bonds. The van der Waals surface area contributed by atoms with E-state index in [1.54, 1.807) is 0 Å². The van der Waals surface area contributed by atoms with Crippen LogP contribution in [0.25, 0.3) is 0 Å². The van der Waals surface area contributed by atoms with Crippen LogP contribution in [0.3, 0.4) is 0 Å². The Bertz CT molecular complexity index is 561. The SMILES string of the molecule is CC(C)(C)c1ccc2c(c1)CCN(S(=O)(=O)F)C2. The van der Waals surface area contributed by atoms with Crippen LogP contribution in [0.2, 0.25) is 0 Å². The third-order valence-corrected chi connectivity index (χ3v) is 4.29. The second-order valence-electron chi connectivity index (χ2n) is 5.76. The van der Waals surface area contributed by atoms with Crippen LogP contribution in [-0.4, -0.2) is 19.3 Å². The maximum absolute atomic E-state index is 12.9. The van der Waals surface area contributed by atoms with E-state index in [1.807, 2.05) is 12.1 Å². The van der Waals surface area contributed by atoms with Gasteiger partial charge in [0.15, 0.2) is 0 Å². The van der Waals surface area contributed by atoms with Crippen molar-refractivity contribution in [2.75, 3.05) is 6.54 Å². The topological polar surface area (TPSA) is 37.4 Å². The molecule has 0 aromatic heterocycles. The summed E-state index contributed by atoms with van der Waals surface area (Å²) in [6, 6.07) is 6.01. The molecule has 100 valence electrons. The van der Waals surface area contributed by atoms with Crippen molar-refractivity contribution in [1.82, 2.24) is 4.31 Å². The Balaban J connectivity index is 2.32. The van der Waals surface area contributed by atoms with Crippen LogP contribution < -0.4 is 0 Å². The molecule has 0 unspecified atom stereocenters. The molecule has 0 aliphatic carbocycles. The van der Waals surface area contributed by atoms with Crippen molar-refractivity contribution in [3.63, 3.8) is 0 Å². The monoisotopic (exact) mass is 271 g/mol. The highest BCUT2D eigenvalue weighted by atomic mass is 32.3. The van der Waals surface area contributed by atoms with Gasteiger partial charge in [0.25, 0.3) is 0 Å². The van der Waals surface area contributed by atoms with Crippen LogP contribution in [0.4, 0.5) is 3.89 Å². The van der Waals surface area contributed by atoms with E-state index >= 15 is 0 Å². The van der Waals surface area contributed by atoms with Gasteiger partial charge >= 0.3 is 10.4 Å². The van der Waals surface area contributed by atoms with Crippen LogP contribution in [0.15, 0.2) is 18.2 Å². The first-order valence-corrected chi connectivity index (χ1v) is 7.34. The summed E-state index contributed by atoms with van der Waals surface area (Å²) >= 11 is 0. The van der Waals surface area contributed by atoms with Crippen molar-refractivity contribution in [3.05, 3.63) is 34.9 Å². The van der Waals surface area contributed by atoms with Gasteiger partial charge in [-0.25, -0.2) is 0 Å². The molecule has 0 radical (unpaired) electrons. The van der Waals surface area contributed by atoms with Crippen molar-refractivity contribution in [2.45, 2.75) is 39.2 Å². The molecule has 2 rings (SSSR count). The van der Waals surface area contributed by atoms with Crippen LogP contribution in [0.5, 0.6) is 0 Å². The lowest BCUT2D eigenvalue weighted by molar-refractivity contribution is 0.366. The van der Waals surface area contributed by atoms with E-state index in [1.165, 1.54) is 5.56 Å². The lowest BCUT2D eigenvalue weighted by Gasteiger charge is -2.27. The molecule has 5 heteroatoms. The Hall–Kier alpha value is -0.940. The van der Waals surface area contributed by atoms with Crippen LogP contribution in [0, 0.1) is 0 Å². The van der Waals surface area contributed by atoms with Crippen molar-refractivity contribution < 1.29 is 12.3 Å². The number of hydrogen-bond donors (Lipinski definition) is 0. The van der Waals surface area contributed by atoms with E-state index in [0.717, 1.165) is 15.4 Å². The summed E-state index contributed by atoms with van der Waals surface area (Å²) in [6.45, 7) is 6.76. The quantitative estimate of drug-likeness (QED) is 0.736. The Morgan fingerprint density at radius 3 is 2.44 bits per heavy atom. The van der Waals surface area contributed by atoms with Gasteiger partial charge in [-0.3, -0.25) is 0 Å². The molecular weight excluding hydrogens is 253 g/mol. The summed E-state index contributed by atoms with van der Waals surface area (Å²) in [4.78, 5) is 0. The number of hydrogen-bond acceptors (Lipinski definition) is 2. The van der Waals surface area contributed by atoms with Gasteiger partial charge in [-0.15, -0.1) is 0 Å². The molecule has 1 aliphatic heterocycles. The smallest absolute Gasteiger partial charge is 0.177 e. The minimum atomic E-state index is -4.57. The van der Waals surface area contributed by atoms with Gasteiger partial charge in [0.05, 0.1) is 0 Å². The first kappa shape index (κ1) is 13.5. The van der Waals surface area contributed by atoms with E-state index in [2.05, 4.69) is 26.8 Å².